The molecule has 0 atom stereocenters. The molecule has 3 nitrogen and oxygen atoms in total. The average Bonchev–Trinajstić information content (AvgIpc) is 2.15. The van der Waals surface area contributed by atoms with E-state index in [9.17, 15) is 0 Å². The van der Waals surface area contributed by atoms with Gasteiger partial charge in [0.2, 0.25) is 0 Å². The summed E-state index contributed by atoms with van der Waals surface area (Å²) in [6, 6.07) is 3.89. The number of rotatable bonds is 3. The largest absolute Gasteiger partial charge is 0.326 e. The minimum atomic E-state index is 0.904. The molecular weight excluding hydrogens is 172 g/mol. The number of oxime groups is 1. The van der Waals surface area contributed by atoms with Gasteiger partial charge in [0.1, 0.15) is 0 Å². The molecule has 0 saturated carbocycles. The van der Waals surface area contributed by atoms with E-state index >= 15 is 0 Å². The van der Waals surface area contributed by atoms with Crippen molar-refractivity contribution in [1.82, 2.24) is 4.98 Å². The number of hydrogen-bond donors (Lipinski definition) is 1. The molecule has 0 saturated heterocycles. The zero-order valence-corrected chi connectivity index (χ0v) is 7.66. The molecule has 0 N–H and O–H groups in total. The Morgan fingerprint density at radius 2 is 2.50 bits per heavy atom. The SMILES string of the molecule is CCc1ccc(/C=N/OS)cn1. The fraction of sp³-hybridized carbons (Fsp3) is 0.250. The topological polar surface area (TPSA) is 34.5 Å². The standard InChI is InChI=1S/C8H10N2OS/c1-2-8-4-3-7(5-9-8)6-10-11-12/h3-6,12H,2H2,1H3/b10-6+. The van der Waals surface area contributed by atoms with E-state index in [0.717, 1.165) is 17.7 Å². The van der Waals surface area contributed by atoms with Crippen molar-refractivity contribution in [3.05, 3.63) is 29.6 Å². The smallest absolute Gasteiger partial charge is 0.0766 e. The first-order chi connectivity index (χ1) is 5.86. The lowest BCUT2D eigenvalue weighted by molar-refractivity contribution is 0.417. The van der Waals surface area contributed by atoms with Gasteiger partial charge in [0.25, 0.3) is 0 Å². The number of aryl methyl sites for hydroxylation is 1. The summed E-state index contributed by atoms with van der Waals surface area (Å²) in [4.78, 5) is 4.18. The van der Waals surface area contributed by atoms with Crippen molar-refractivity contribution in [3.63, 3.8) is 0 Å². The van der Waals surface area contributed by atoms with Crippen molar-refractivity contribution in [2.45, 2.75) is 13.3 Å². The van der Waals surface area contributed by atoms with Crippen LogP contribution in [0.25, 0.3) is 0 Å². The molecule has 0 amide bonds. The molecule has 0 aliphatic heterocycles. The quantitative estimate of drug-likeness (QED) is 0.335. The van der Waals surface area contributed by atoms with Crippen molar-refractivity contribution in [3.8, 4) is 0 Å². The Balaban J connectivity index is 2.71. The summed E-state index contributed by atoms with van der Waals surface area (Å²) in [6.45, 7) is 2.06. The van der Waals surface area contributed by atoms with Gasteiger partial charge < -0.3 is 4.28 Å². The maximum absolute atomic E-state index is 4.24. The number of thiol groups is 1. The Morgan fingerprint density at radius 3 is 3.00 bits per heavy atom. The van der Waals surface area contributed by atoms with E-state index in [1.54, 1.807) is 12.4 Å². The van der Waals surface area contributed by atoms with Gasteiger partial charge in [0, 0.05) is 17.5 Å². The maximum Gasteiger partial charge on any atom is 0.0766 e. The highest BCUT2D eigenvalue weighted by Gasteiger charge is 1.90. The van der Waals surface area contributed by atoms with Crippen LogP contribution in [0, 0.1) is 0 Å². The van der Waals surface area contributed by atoms with Gasteiger partial charge in [-0.3, -0.25) is 4.98 Å². The number of nitrogens with zero attached hydrogens (tertiary/aromatic N) is 2. The molecule has 0 unspecified atom stereocenters. The van der Waals surface area contributed by atoms with E-state index in [-0.39, 0.29) is 0 Å². The lowest BCUT2D eigenvalue weighted by Crippen LogP contribution is -1.88. The molecule has 1 rings (SSSR count). The predicted molar refractivity (Wildman–Crippen MR) is 51.3 cm³/mol. The maximum atomic E-state index is 4.24. The third-order valence-electron chi connectivity index (χ3n) is 1.46. The van der Waals surface area contributed by atoms with Crippen LogP contribution in [0.1, 0.15) is 18.2 Å². The van der Waals surface area contributed by atoms with E-state index < -0.39 is 0 Å². The molecule has 0 fully saturated rings. The van der Waals surface area contributed by atoms with Crippen LogP contribution in [0.5, 0.6) is 0 Å². The van der Waals surface area contributed by atoms with Gasteiger partial charge in [-0.25, -0.2) is 0 Å². The molecule has 0 spiro atoms. The second-order valence-electron chi connectivity index (χ2n) is 2.25. The lowest BCUT2D eigenvalue weighted by Gasteiger charge is -1.94. The summed E-state index contributed by atoms with van der Waals surface area (Å²) in [5, 5.41) is 3.50. The van der Waals surface area contributed by atoms with Gasteiger partial charge in [-0.1, -0.05) is 12.1 Å². The summed E-state index contributed by atoms with van der Waals surface area (Å²) in [6.07, 6.45) is 4.25. The highest BCUT2D eigenvalue weighted by Crippen LogP contribution is 1.98. The average molecular weight is 182 g/mol. The van der Waals surface area contributed by atoms with Crippen LogP contribution in [0.15, 0.2) is 23.5 Å². The fourth-order valence-electron chi connectivity index (χ4n) is 0.806. The zero-order chi connectivity index (χ0) is 8.81. The van der Waals surface area contributed by atoms with Gasteiger partial charge in [0.05, 0.1) is 19.1 Å². The van der Waals surface area contributed by atoms with Crippen molar-refractivity contribution < 1.29 is 4.28 Å². The second kappa shape index (κ2) is 4.77. The van der Waals surface area contributed by atoms with Crippen LogP contribution in [0.3, 0.4) is 0 Å². The van der Waals surface area contributed by atoms with Crippen molar-refractivity contribution >= 4 is 19.1 Å². The molecule has 1 aromatic rings. The summed E-state index contributed by atoms with van der Waals surface area (Å²) in [7, 11) is 0. The van der Waals surface area contributed by atoms with Crippen LogP contribution < -0.4 is 0 Å². The summed E-state index contributed by atoms with van der Waals surface area (Å²) in [5.41, 5.74) is 1.97. The Labute approximate surface area is 77.1 Å². The zero-order valence-electron chi connectivity index (χ0n) is 6.77. The van der Waals surface area contributed by atoms with Crippen LogP contribution in [0.2, 0.25) is 0 Å². The Morgan fingerprint density at radius 1 is 1.67 bits per heavy atom. The van der Waals surface area contributed by atoms with Crippen molar-refractivity contribution in [1.29, 1.82) is 0 Å². The fourth-order valence-corrected chi connectivity index (χ4v) is 0.853. The third kappa shape index (κ3) is 2.54. The molecule has 12 heavy (non-hydrogen) atoms. The first kappa shape index (κ1) is 9.06. The lowest BCUT2D eigenvalue weighted by atomic mass is 10.2. The van der Waals surface area contributed by atoms with Crippen molar-refractivity contribution in [2.24, 2.45) is 5.16 Å². The van der Waals surface area contributed by atoms with E-state index in [2.05, 4.69) is 34.3 Å². The molecule has 0 aliphatic carbocycles. The normalized spacial score (nSPS) is 10.5. The Bertz CT molecular complexity index is 258. The first-order valence-electron chi connectivity index (χ1n) is 3.65. The highest BCUT2D eigenvalue weighted by atomic mass is 32.1. The highest BCUT2D eigenvalue weighted by molar-refractivity contribution is 7.75. The van der Waals surface area contributed by atoms with Gasteiger partial charge in [-0.2, -0.15) is 0 Å². The molecule has 0 radical (unpaired) electrons. The minimum absolute atomic E-state index is 0.904. The van der Waals surface area contributed by atoms with Crippen LogP contribution in [0.4, 0.5) is 0 Å². The number of pyridine rings is 1. The van der Waals surface area contributed by atoms with E-state index in [1.165, 1.54) is 0 Å². The molecule has 0 aliphatic rings. The van der Waals surface area contributed by atoms with Crippen molar-refractivity contribution in [2.75, 3.05) is 0 Å². The third-order valence-corrected chi connectivity index (χ3v) is 1.55. The Hall–Kier alpha value is -1.03. The van der Waals surface area contributed by atoms with Gasteiger partial charge in [0.15, 0.2) is 0 Å². The first-order valence-corrected chi connectivity index (χ1v) is 4.02. The predicted octanol–water partition coefficient (Wildman–Crippen LogP) is 1.84. The molecule has 4 heteroatoms. The second-order valence-corrected chi connectivity index (χ2v) is 2.42. The molecule has 1 heterocycles. The summed E-state index contributed by atoms with van der Waals surface area (Å²) in [5.74, 6) is 0. The van der Waals surface area contributed by atoms with Gasteiger partial charge in [-0.15, -0.1) is 0 Å². The summed E-state index contributed by atoms with van der Waals surface area (Å²) >= 11 is 3.47. The van der Waals surface area contributed by atoms with E-state index in [4.69, 9.17) is 0 Å². The van der Waals surface area contributed by atoms with Crippen LogP contribution >= 0.6 is 12.9 Å². The van der Waals surface area contributed by atoms with Gasteiger partial charge in [-0.05, 0) is 18.6 Å². The Kier molecular flexibility index (Phi) is 3.60. The minimum Gasteiger partial charge on any atom is -0.326 e. The summed E-state index contributed by atoms with van der Waals surface area (Å²) < 4.78 is 4.24. The van der Waals surface area contributed by atoms with Crippen LogP contribution in [-0.2, 0) is 10.7 Å². The molecule has 0 aromatic carbocycles. The van der Waals surface area contributed by atoms with Crippen LogP contribution in [-0.4, -0.2) is 11.2 Å². The number of hydrogen-bond acceptors (Lipinski definition) is 4. The molecular formula is C8H10N2OS. The molecule has 64 valence electrons. The number of aromatic nitrogens is 1. The molecule has 1 aromatic heterocycles. The van der Waals surface area contributed by atoms with E-state index in [1.807, 2.05) is 12.1 Å². The molecule has 0 bridgehead atoms. The van der Waals surface area contributed by atoms with Gasteiger partial charge >= 0.3 is 0 Å². The van der Waals surface area contributed by atoms with E-state index in [0.29, 0.717) is 0 Å². The monoisotopic (exact) mass is 182 g/mol.